The van der Waals surface area contributed by atoms with Crippen LogP contribution in [0.15, 0.2) is 60.0 Å². The molecule has 1 N–H and O–H groups in total. The molecule has 3 aromatic rings. The SMILES string of the molecule is CC(C)c1ccc(NC(=O)N(CC(=O)N(Cc2ccc3c(c2)OCO3)Cc2cccs2)C2CC2)cc1. The zero-order valence-corrected chi connectivity index (χ0v) is 21.4. The fourth-order valence-corrected chi connectivity index (χ4v) is 4.95. The molecule has 0 spiro atoms. The summed E-state index contributed by atoms with van der Waals surface area (Å²) in [6.07, 6.45) is 1.83. The number of thiophene rings is 1. The monoisotopic (exact) mass is 505 g/mol. The summed E-state index contributed by atoms with van der Waals surface area (Å²) in [5.74, 6) is 1.75. The van der Waals surface area contributed by atoms with Gasteiger partial charge in [0.2, 0.25) is 12.7 Å². The van der Waals surface area contributed by atoms with E-state index in [2.05, 4.69) is 19.2 Å². The molecule has 1 aliphatic heterocycles. The molecule has 2 aromatic carbocycles. The van der Waals surface area contributed by atoms with E-state index in [1.54, 1.807) is 16.2 Å². The van der Waals surface area contributed by atoms with Crippen LogP contribution in [-0.2, 0) is 17.9 Å². The lowest BCUT2D eigenvalue weighted by Gasteiger charge is -2.28. The van der Waals surface area contributed by atoms with Crippen LogP contribution in [0.1, 0.15) is 48.6 Å². The molecule has 0 unspecified atom stereocenters. The van der Waals surface area contributed by atoms with E-state index in [1.807, 2.05) is 64.9 Å². The fourth-order valence-electron chi connectivity index (χ4n) is 4.23. The van der Waals surface area contributed by atoms with Crippen LogP contribution in [0.2, 0.25) is 0 Å². The lowest BCUT2D eigenvalue weighted by atomic mass is 10.0. The molecule has 2 heterocycles. The predicted molar refractivity (Wildman–Crippen MR) is 140 cm³/mol. The van der Waals surface area contributed by atoms with Crippen molar-refractivity contribution in [3.05, 3.63) is 76.0 Å². The van der Waals surface area contributed by atoms with Crippen molar-refractivity contribution in [1.29, 1.82) is 0 Å². The Bertz CT molecular complexity index is 1210. The highest BCUT2D eigenvalue weighted by Crippen LogP contribution is 2.33. The Hall–Kier alpha value is -3.52. The third kappa shape index (κ3) is 5.82. The highest BCUT2D eigenvalue weighted by atomic mass is 32.1. The molecule has 1 saturated carbocycles. The van der Waals surface area contributed by atoms with Crippen molar-refractivity contribution in [2.75, 3.05) is 18.7 Å². The van der Waals surface area contributed by atoms with Gasteiger partial charge in [-0.15, -0.1) is 11.3 Å². The number of nitrogens with zero attached hydrogens (tertiary/aromatic N) is 2. The Kier molecular flexibility index (Phi) is 7.13. The van der Waals surface area contributed by atoms with Crippen molar-refractivity contribution in [3.8, 4) is 11.5 Å². The summed E-state index contributed by atoms with van der Waals surface area (Å²) >= 11 is 1.62. The summed E-state index contributed by atoms with van der Waals surface area (Å²) in [6, 6.07) is 17.5. The van der Waals surface area contributed by atoms with E-state index in [0.29, 0.717) is 30.5 Å². The lowest BCUT2D eigenvalue weighted by molar-refractivity contribution is -0.133. The first-order chi connectivity index (χ1) is 17.5. The van der Waals surface area contributed by atoms with Gasteiger partial charge in [0, 0.05) is 23.2 Å². The topological polar surface area (TPSA) is 71.1 Å². The molecule has 8 heteroatoms. The van der Waals surface area contributed by atoms with Crippen LogP contribution in [0.25, 0.3) is 0 Å². The zero-order chi connectivity index (χ0) is 25.1. The van der Waals surface area contributed by atoms with Crippen LogP contribution in [0.4, 0.5) is 10.5 Å². The Labute approximate surface area is 215 Å². The summed E-state index contributed by atoms with van der Waals surface area (Å²) < 4.78 is 10.9. The maximum Gasteiger partial charge on any atom is 0.322 e. The van der Waals surface area contributed by atoms with Gasteiger partial charge >= 0.3 is 6.03 Å². The Balaban J connectivity index is 1.29. The van der Waals surface area contributed by atoms with Crippen LogP contribution in [0.3, 0.4) is 0 Å². The van der Waals surface area contributed by atoms with Gasteiger partial charge in [-0.25, -0.2) is 4.79 Å². The number of amides is 3. The molecule has 0 radical (unpaired) electrons. The minimum Gasteiger partial charge on any atom is -0.454 e. The highest BCUT2D eigenvalue weighted by Gasteiger charge is 2.35. The second kappa shape index (κ2) is 10.6. The van der Waals surface area contributed by atoms with Gasteiger partial charge < -0.3 is 24.6 Å². The Morgan fingerprint density at radius 3 is 2.50 bits per heavy atom. The molecule has 5 rings (SSSR count). The first kappa shape index (κ1) is 24.2. The van der Waals surface area contributed by atoms with Gasteiger partial charge in [-0.05, 0) is 65.6 Å². The van der Waals surface area contributed by atoms with E-state index >= 15 is 0 Å². The van der Waals surface area contributed by atoms with Gasteiger partial charge in [0.25, 0.3) is 0 Å². The number of carbonyl (C=O) groups excluding carboxylic acids is 2. The van der Waals surface area contributed by atoms with Crippen LogP contribution in [0, 0.1) is 0 Å². The number of carbonyl (C=O) groups is 2. The van der Waals surface area contributed by atoms with Crippen molar-refractivity contribution in [2.24, 2.45) is 0 Å². The average Bonchev–Trinajstić information content (AvgIpc) is 3.36. The number of hydrogen-bond donors (Lipinski definition) is 1. The summed E-state index contributed by atoms with van der Waals surface area (Å²) in [5.41, 5.74) is 2.91. The molecule has 188 valence electrons. The van der Waals surface area contributed by atoms with Gasteiger partial charge in [0.1, 0.15) is 6.54 Å². The van der Waals surface area contributed by atoms with Crippen molar-refractivity contribution in [3.63, 3.8) is 0 Å². The summed E-state index contributed by atoms with van der Waals surface area (Å²) in [4.78, 5) is 31.4. The van der Waals surface area contributed by atoms with Gasteiger partial charge in [-0.2, -0.15) is 0 Å². The van der Waals surface area contributed by atoms with Crippen molar-refractivity contribution >= 4 is 29.0 Å². The molecular weight excluding hydrogens is 474 g/mol. The minimum atomic E-state index is -0.234. The van der Waals surface area contributed by atoms with E-state index in [1.165, 1.54) is 5.56 Å². The zero-order valence-electron chi connectivity index (χ0n) is 20.6. The molecule has 1 aromatic heterocycles. The lowest BCUT2D eigenvalue weighted by Crippen LogP contribution is -2.45. The second-order valence-electron chi connectivity index (χ2n) is 9.58. The number of urea groups is 1. The summed E-state index contributed by atoms with van der Waals surface area (Å²) in [7, 11) is 0. The van der Waals surface area contributed by atoms with E-state index in [-0.39, 0.29) is 31.3 Å². The van der Waals surface area contributed by atoms with E-state index < -0.39 is 0 Å². The fraction of sp³-hybridized carbons (Fsp3) is 0.357. The highest BCUT2D eigenvalue weighted by molar-refractivity contribution is 7.09. The van der Waals surface area contributed by atoms with Gasteiger partial charge in [0.15, 0.2) is 11.5 Å². The molecule has 3 amide bonds. The number of ether oxygens (including phenoxy) is 2. The largest absolute Gasteiger partial charge is 0.454 e. The maximum atomic E-state index is 13.6. The molecule has 1 aliphatic carbocycles. The molecule has 0 bridgehead atoms. The second-order valence-corrected chi connectivity index (χ2v) is 10.6. The number of rotatable bonds is 9. The maximum absolute atomic E-state index is 13.6. The quantitative estimate of drug-likeness (QED) is 0.397. The number of fused-ring (bicyclic) bond motifs is 1. The normalized spacial score (nSPS) is 14.1. The molecular formula is C28H31N3O4S. The van der Waals surface area contributed by atoms with Crippen LogP contribution < -0.4 is 14.8 Å². The van der Waals surface area contributed by atoms with Gasteiger partial charge in [-0.3, -0.25) is 4.79 Å². The molecule has 1 fully saturated rings. The molecule has 0 saturated heterocycles. The van der Waals surface area contributed by atoms with Crippen molar-refractivity contribution in [2.45, 2.75) is 51.7 Å². The average molecular weight is 506 g/mol. The number of nitrogens with one attached hydrogen (secondary N) is 1. The molecule has 7 nitrogen and oxygen atoms in total. The number of anilines is 1. The van der Waals surface area contributed by atoms with Crippen LogP contribution >= 0.6 is 11.3 Å². The summed E-state index contributed by atoms with van der Waals surface area (Å²) in [6.45, 7) is 5.43. The van der Waals surface area contributed by atoms with Crippen molar-refractivity contribution < 1.29 is 19.1 Å². The van der Waals surface area contributed by atoms with E-state index in [4.69, 9.17) is 9.47 Å². The first-order valence-corrected chi connectivity index (χ1v) is 13.2. The van der Waals surface area contributed by atoms with E-state index in [0.717, 1.165) is 29.0 Å². The van der Waals surface area contributed by atoms with Gasteiger partial charge in [0.05, 0.1) is 6.54 Å². The predicted octanol–water partition coefficient (Wildman–Crippen LogP) is 5.83. The molecule has 0 atom stereocenters. The molecule has 2 aliphatic rings. The minimum absolute atomic E-state index is 0.0382. The smallest absolute Gasteiger partial charge is 0.322 e. The van der Waals surface area contributed by atoms with E-state index in [9.17, 15) is 9.59 Å². The standard InChI is InChI=1S/C28H31N3O4S/c1-19(2)21-6-8-22(9-7-21)29-28(33)31(23-10-11-23)17-27(32)30(16-24-4-3-13-36-24)15-20-5-12-25-26(14-20)35-18-34-25/h3-9,12-14,19,23H,10-11,15-18H2,1-2H3,(H,29,33). The van der Waals surface area contributed by atoms with Gasteiger partial charge in [-0.1, -0.05) is 38.1 Å². The number of hydrogen-bond acceptors (Lipinski definition) is 5. The molecule has 36 heavy (non-hydrogen) atoms. The third-order valence-corrected chi connectivity index (χ3v) is 7.33. The Morgan fingerprint density at radius 2 is 1.81 bits per heavy atom. The summed E-state index contributed by atoms with van der Waals surface area (Å²) in [5, 5.41) is 4.99. The third-order valence-electron chi connectivity index (χ3n) is 6.47. The first-order valence-electron chi connectivity index (χ1n) is 12.3. The van der Waals surface area contributed by atoms with Crippen molar-refractivity contribution in [1.82, 2.24) is 9.80 Å². The van der Waals surface area contributed by atoms with Crippen LogP contribution in [0.5, 0.6) is 11.5 Å². The van der Waals surface area contributed by atoms with Crippen LogP contribution in [-0.4, -0.2) is 41.1 Å². The number of benzene rings is 2. The Morgan fingerprint density at radius 1 is 1.03 bits per heavy atom.